The van der Waals surface area contributed by atoms with E-state index >= 15 is 0 Å². The molecule has 0 aromatic heterocycles. The van der Waals surface area contributed by atoms with Gasteiger partial charge in [0.05, 0.1) is 24.8 Å². The van der Waals surface area contributed by atoms with Crippen molar-refractivity contribution in [1.82, 2.24) is 0 Å². The van der Waals surface area contributed by atoms with E-state index < -0.39 is 0 Å². The van der Waals surface area contributed by atoms with Gasteiger partial charge in [-0.15, -0.1) is 0 Å². The summed E-state index contributed by atoms with van der Waals surface area (Å²) in [5.74, 6) is -0.692. The Bertz CT molecular complexity index is 518. The van der Waals surface area contributed by atoms with Crippen LogP contribution in [0.5, 0.6) is 0 Å². The summed E-state index contributed by atoms with van der Waals surface area (Å²) in [7, 11) is 1.36. The molecule has 0 N–H and O–H groups in total. The highest BCUT2D eigenvalue weighted by atomic mass is 16.5. The summed E-state index contributed by atoms with van der Waals surface area (Å²) in [5.41, 5.74) is 3.62. The van der Waals surface area contributed by atoms with Crippen LogP contribution in [-0.4, -0.2) is 25.7 Å². The molecule has 1 rings (SSSR count). The molecule has 4 nitrogen and oxygen atoms in total. The molecule has 0 saturated heterocycles. The van der Waals surface area contributed by atoms with E-state index in [2.05, 4.69) is 0 Å². The fourth-order valence-corrected chi connectivity index (χ4v) is 2.50. The molecule has 0 radical (unpaired) electrons. The molecule has 0 bridgehead atoms. The average molecular weight is 278 g/mol. The van der Waals surface area contributed by atoms with Crippen molar-refractivity contribution in [2.45, 2.75) is 40.5 Å². The van der Waals surface area contributed by atoms with Gasteiger partial charge in [0.15, 0.2) is 0 Å². The van der Waals surface area contributed by atoms with Gasteiger partial charge in [-0.1, -0.05) is 13.8 Å². The maximum atomic E-state index is 12.1. The maximum Gasteiger partial charge on any atom is 0.338 e. The Morgan fingerprint density at radius 2 is 1.65 bits per heavy atom. The minimum atomic E-state index is -0.366. The third-order valence-corrected chi connectivity index (χ3v) is 3.34. The molecule has 0 saturated carbocycles. The largest absolute Gasteiger partial charge is 0.465 e. The molecule has 0 heterocycles. The number of hydrogen-bond donors (Lipinski definition) is 0. The Morgan fingerprint density at radius 1 is 1.05 bits per heavy atom. The van der Waals surface area contributed by atoms with Crippen molar-refractivity contribution in [2.75, 3.05) is 13.7 Å². The zero-order valence-electron chi connectivity index (χ0n) is 12.8. The first-order valence-corrected chi connectivity index (χ1v) is 6.92. The second kappa shape index (κ2) is 7.08. The number of hydrogen-bond acceptors (Lipinski definition) is 4. The molecule has 0 aliphatic carbocycles. The van der Waals surface area contributed by atoms with E-state index in [-0.39, 0.29) is 11.9 Å². The summed E-state index contributed by atoms with van der Waals surface area (Å²) in [6.45, 7) is 7.87. The number of carbonyl (C=O) groups is 2. The number of rotatable bonds is 5. The van der Waals surface area contributed by atoms with Gasteiger partial charge in [0, 0.05) is 0 Å². The molecule has 0 spiro atoms. The Kier molecular flexibility index (Phi) is 5.74. The van der Waals surface area contributed by atoms with Crippen LogP contribution in [0.4, 0.5) is 0 Å². The molecule has 1 aromatic rings. The molecule has 20 heavy (non-hydrogen) atoms. The molecule has 1 aromatic carbocycles. The van der Waals surface area contributed by atoms with E-state index in [1.54, 1.807) is 13.0 Å². The van der Waals surface area contributed by atoms with Crippen LogP contribution in [-0.2, 0) is 22.3 Å². The number of aryl methyl sites for hydroxylation is 1. The van der Waals surface area contributed by atoms with Gasteiger partial charge in [0.2, 0.25) is 0 Å². The highest BCUT2D eigenvalue weighted by Crippen LogP contribution is 2.26. The lowest BCUT2D eigenvalue weighted by atomic mass is 9.89. The van der Waals surface area contributed by atoms with Crippen LogP contribution in [0.15, 0.2) is 6.07 Å². The van der Waals surface area contributed by atoms with Crippen molar-refractivity contribution < 1.29 is 19.1 Å². The van der Waals surface area contributed by atoms with Gasteiger partial charge < -0.3 is 9.47 Å². The van der Waals surface area contributed by atoms with Crippen molar-refractivity contribution in [3.8, 4) is 0 Å². The van der Waals surface area contributed by atoms with E-state index in [0.29, 0.717) is 30.6 Å². The molecular formula is C16H22O4. The first-order valence-electron chi connectivity index (χ1n) is 6.92. The number of esters is 2. The van der Waals surface area contributed by atoms with Crippen LogP contribution in [0.25, 0.3) is 0 Å². The van der Waals surface area contributed by atoms with E-state index in [1.165, 1.54) is 7.11 Å². The normalized spacial score (nSPS) is 10.2. The molecule has 4 heteroatoms. The van der Waals surface area contributed by atoms with Crippen molar-refractivity contribution in [1.29, 1.82) is 0 Å². The minimum Gasteiger partial charge on any atom is -0.465 e. The van der Waals surface area contributed by atoms with Crippen molar-refractivity contribution in [2.24, 2.45) is 0 Å². The third-order valence-electron chi connectivity index (χ3n) is 3.34. The lowest BCUT2D eigenvalue weighted by Gasteiger charge is -2.17. The predicted molar refractivity (Wildman–Crippen MR) is 77.2 cm³/mol. The van der Waals surface area contributed by atoms with Crippen LogP contribution in [0.1, 0.15) is 58.2 Å². The quantitative estimate of drug-likeness (QED) is 0.777. The summed E-state index contributed by atoms with van der Waals surface area (Å²) < 4.78 is 9.95. The third kappa shape index (κ3) is 3.00. The first kappa shape index (κ1) is 16.2. The van der Waals surface area contributed by atoms with Gasteiger partial charge in [-0.3, -0.25) is 0 Å². The zero-order chi connectivity index (χ0) is 15.3. The lowest BCUT2D eigenvalue weighted by molar-refractivity contribution is 0.0521. The second-order valence-corrected chi connectivity index (χ2v) is 4.49. The van der Waals surface area contributed by atoms with Gasteiger partial charge in [0.25, 0.3) is 0 Å². The van der Waals surface area contributed by atoms with Crippen molar-refractivity contribution >= 4 is 11.9 Å². The summed E-state index contributed by atoms with van der Waals surface area (Å²) in [6.07, 6.45) is 1.34. The van der Waals surface area contributed by atoms with Gasteiger partial charge in [-0.05, 0) is 49.4 Å². The van der Waals surface area contributed by atoms with E-state index in [9.17, 15) is 9.59 Å². The molecule has 0 aliphatic heterocycles. The fraction of sp³-hybridized carbons (Fsp3) is 0.500. The molecule has 0 atom stereocenters. The van der Waals surface area contributed by atoms with Gasteiger partial charge in [-0.2, -0.15) is 0 Å². The fourth-order valence-electron chi connectivity index (χ4n) is 2.50. The number of ether oxygens (including phenoxy) is 2. The molecule has 0 fully saturated rings. The van der Waals surface area contributed by atoms with Crippen LogP contribution in [0.2, 0.25) is 0 Å². The smallest absolute Gasteiger partial charge is 0.338 e. The Morgan fingerprint density at radius 3 is 2.10 bits per heavy atom. The van der Waals surface area contributed by atoms with Gasteiger partial charge >= 0.3 is 11.9 Å². The topological polar surface area (TPSA) is 52.6 Å². The Labute approximate surface area is 120 Å². The van der Waals surface area contributed by atoms with Crippen LogP contribution < -0.4 is 0 Å². The maximum absolute atomic E-state index is 12.1. The standard InChI is InChI=1S/C16H22O4/c1-6-11-12(7-2)14(16(18)20-8-3)10(4)9-13(11)15(17)19-5/h9H,6-8H2,1-5H3. The summed E-state index contributed by atoms with van der Waals surface area (Å²) in [6, 6.07) is 1.72. The number of carbonyl (C=O) groups excluding carboxylic acids is 2. The number of benzene rings is 1. The Hall–Kier alpha value is -1.84. The van der Waals surface area contributed by atoms with Crippen molar-refractivity contribution in [3.05, 3.63) is 33.9 Å². The zero-order valence-corrected chi connectivity index (χ0v) is 12.8. The van der Waals surface area contributed by atoms with E-state index in [0.717, 1.165) is 16.7 Å². The summed E-state index contributed by atoms with van der Waals surface area (Å²) in [5, 5.41) is 0. The molecule has 0 amide bonds. The van der Waals surface area contributed by atoms with E-state index in [1.807, 2.05) is 20.8 Å². The highest BCUT2D eigenvalue weighted by molar-refractivity contribution is 5.98. The predicted octanol–water partition coefficient (Wildman–Crippen LogP) is 3.08. The van der Waals surface area contributed by atoms with Gasteiger partial charge in [0.1, 0.15) is 0 Å². The van der Waals surface area contributed by atoms with E-state index in [4.69, 9.17) is 9.47 Å². The van der Waals surface area contributed by atoms with Crippen LogP contribution in [0.3, 0.4) is 0 Å². The SMILES string of the molecule is CCOC(=O)c1c(C)cc(C(=O)OC)c(CC)c1CC. The Balaban J connectivity index is 3.56. The molecule has 0 unspecified atom stereocenters. The average Bonchev–Trinajstić information content (AvgIpc) is 2.44. The summed E-state index contributed by atoms with van der Waals surface area (Å²) in [4.78, 5) is 24.0. The second-order valence-electron chi connectivity index (χ2n) is 4.49. The van der Waals surface area contributed by atoms with Gasteiger partial charge in [-0.25, -0.2) is 9.59 Å². The molecular weight excluding hydrogens is 256 g/mol. The lowest BCUT2D eigenvalue weighted by Crippen LogP contribution is -2.16. The summed E-state index contributed by atoms with van der Waals surface area (Å²) >= 11 is 0. The highest BCUT2D eigenvalue weighted by Gasteiger charge is 2.23. The first-order chi connectivity index (χ1) is 9.51. The number of methoxy groups -OCH3 is 1. The monoisotopic (exact) mass is 278 g/mol. The molecule has 110 valence electrons. The van der Waals surface area contributed by atoms with Crippen LogP contribution in [0, 0.1) is 6.92 Å². The molecule has 0 aliphatic rings. The van der Waals surface area contributed by atoms with Crippen LogP contribution >= 0.6 is 0 Å². The minimum absolute atomic E-state index is 0.326. The van der Waals surface area contributed by atoms with Crippen molar-refractivity contribution in [3.63, 3.8) is 0 Å².